The number of hydrogen-bond donors (Lipinski definition) is 1. The lowest BCUT2D eigenvalue weighted by atomic mass is 10.1. The highest BCUT2D eigenvalue weighted by molar-refractivity contribution is 7.99. The summed E-state index contributed by atoms with van der Waals surface area (Å²) in [4.78, 5) is 14.6. The normalized spacial score (nSPS) is 14.0. The Balaban J connectivity index is 1.32. The number of halogens is 2. The minimum atomic E-state index is -0.173. The van der Waals surface area contributed by atoms with Crippen molar-refractivity contribution < 1.29 is 9.21 Å². The number of benzene rings is 2. The van der Waals surface area contributed by atoms with Crippen LogP contribution < -0.4 is 10.2 Å². The van der Waals surface area contributed by atoms with Crippen molar-refractivity contribution in [3.8, 4) is 11.5 Å². The molecule has 4 rings (SSSR count). The van der Waals surface area contributed by atoms with Crippen molar-refractivity contribution in [2.75, 3.05) is 29.1 Å². The van der Waals surface area contributed by atoms with Crippen LogP contribution in [-0.2, 0) is 4.79 Å². The molecule has 9 heteroatoms. The monoisotopic (exact) mass is 462 g/mol. The van der Waals surface area contributed by atoms with Crippen molar-refractivity contribution in [1.82, 2.24) is 10.2 Å². The lowest BCUT2D eigenvalue weighted by molar-refractivity contribution is -0.113. The Morgan fingerprint density at radius 1 is 1.07 bits per heavy atom. The smallest absolute Gasteiger partial charge is 0.277 e. The Bertz CT molecular complexity index is 1020. The predicted molar refractivity (Wildman–Crippen MR) is 122 cm³/mol. The first kappa shape index (κ1) is 21.0. The van der Waals surface area contributed by atoms with Crippen molar-refractivity contribution in [1.29, 1.82) is 0 Å². The number of carbonyl (C=O) groups is 1. The second-order valence-electron chi connectivity index (χ2n) is 6.93. The molecule has 6 nitrogen and oxygen atoms in total. The SMILES string of the molecule is O=C(CSc1nnc(-c2ccc(Cl)cc2)o1)Nc1ccc(N2CCCCC2)c(Cl)c1. The second-order valence-corrected chi connectivity index (χ2v) is 8.70. The highest BCUT2D eigenvalue weighted by Gasteiger charge is 2.15. The van der Waals surface area contributed by atoms with Gasteiger partial charge < -0.3 is 14.6 Å². The molecule has 0 unspecified atom stereocenters. The number of amides is 1. The number of aromatic nitrogens is 2. The molecule has 0 saturated carbocycles. The van der Waals surface area contributed by atoms with E-state index in [1.165, 1.54) is 31.0 Å². The van der Waals surface area contributed by atoms with E-state index in [1.807, 2.05) is 12.1 Å². The topological polar surface area (TPSA) is 71.3 Å². The summed E-state index contributed by atoms with van der Waals surface area (Å²) in [5.41, 5.74) is 2.45. The van der Waals surface area contributed by atoms with Crippen LogP contribution in [-0.4, -0.2) is 34.9 Å². The maximum absolute atomic E-state index is 12.3. The zero-order valence-corrected chi connectivity index (χ0v) is 18.4. The average molecular weight is 463 g/mol. The van der Waals surface area contributed by atoms with Crippen molar-refractivity contribution in [2.24, 2.45) is 0 Å². The maximum atomic E-state index is 12.3. The van der Waals surface area contributed by atoms with Crippen LogP contribution in [0, 0.1) is 0 Å². The minimum Gasteiger partial charge on any atom is -0.411 e. The number of carbonyl (C=O) groups excluding carboxylic acids is 1. The van der Waals surface area contributed by atoms with E-state index in [0.717, 1.165) is 24.3 Å². The molecule has 0 spiro atoms. The Kier molecular flexibility index (Phi) is 6.82. The van der Waals surface area contributed by atoms with Crippen LogP contribution in [0.1, 0.15) is 19.3 Å². The number of hydrogen-bond acceptors (Lipinski definition) is 6. The molecule has 1 aliphatic heterocycles. The molecule has 156 valence electrons. The summed E-state index contributed by atoms with van der Waals surface area (Å²) in [6.45, 7) is 2.04. The van der Waals surface area contributed by atoms with Crippen LogP contribution in [0.5, 0.6) is 0 Å². The van der Waals surface area contributed by atoms with E-state index < -0.39 is 0 Å². The van der Waals surface area contributed by atoms with Gasteiger partial charge in [0.25, 0.3) is 5.22 Å². The summed E-state index contributed by atoms with van der Waals surface area (Å²) in [7, 11) is 0. The quantitative estimate of drug-likeness (QED) is 0.469. The number of thioether (sulfide) groups is 1. The molecule has 1 saturated heterocycles. The largest absolute Gasteiger partial charge is 0.411 e. The van der Waals surface area contributed by atoms with Gasteiger partial charge in [-0.2, -0.15) is 0 Å². The molecule has 1 N–H and O–H groups in total. The van der Waals surface area contributed by atoms with Gasteiger partial charge in [-0.25, -0.2) is 0 Å². The van der Waals surface area contributed by atoms with E-state index in [9.17, 15) is 4.79 Å². The van der Waals surface area contributed by atoms with E-state index in [4.69, 9.17) is 27.6 Å². The summed E-state index contributed by atoms with van der Waals surface area (Å²) in [6.07, 6.45) is 3.63. The fraction of sp³-hybridized carbons (Fsp3) is 0.286. The summed E-state index contributed by atoms with van der Waals surface area (Å²) < 4.78 is 5.60. The van der Waals surface area contributed by atoms with E-state index in [1.54, 1.807) is 30.3 Å². The Labute approximate surface area is 188 Å². The number of rotatable bonds is 6. The molecular formula is C21H20Cl2N4O2S. The van der Waals surface area contributed by atoms with E-state index in [-0.39, 0.29) is 11.7 Å². The molecule has 3 aromatic rings. The molecule has 2 heterocycles. The lowest BCUT2D eigenvalue weighted by Gasteiger charge is -2.29. The van der Waals surface area contributed by atoms with Crippen molar-refractivity contribution in [2.45, 2.75) is 24.5 Å². The molecule has 2 aromatic carbocycles. The summed E-state index contributed by atoms with van der Waals surface area (Å²) in [5, 5.41) is 12.5. The standard InChI is InChI=1S/C21H20Cl2N4O2S/c22-15-6-4-14(5-7-15)20-25-26-21(29-20)30-13-19(28)24-16-8-9-18(17(23)12-16)27-10-2-1-3-11-27/h4-9,12H,1-3,10-11,13H2,(H,24,28). The van der Waals surface area contributed by atoms with E-state index >= 15 is 0 Å². The van der Waals surface area contributed by atoms with Crippen LogP contribution in [0.3, 0.4) is 0 Å². The molecule has 0 radical (unpaired) electrons. The first-order valence-electron chi connectivity index (χ1n) is 9.65. The molecule has 1 amide bonds. The fourth-order valence-corrected chi connectivity index (χ4v) is 4.27. The molecular weight excluding hydrogens is 443 g/mol. The lowest BCUT2D eigenvalue weighted by Crippen LogP contribution is -2.29. The molecule has 0 aliphatic carbocycles. The van der Waals surface area contributed by atoms with Crippen LogP contribution in [0.2, 0.25) is 10.0 Å². The van der Waals surface area contributed by atoms with Gasteiger partial charge in [0.15, 0.2) is 0 Å². The van der Waals surface area contributed by atoms with Gasteiger partial charge in [0.05, 0.1) is 16.5 Å². The Morgan fingerprint density at radius 3 is 2.57 bits per heavy atom. The van der Waals surface area contributed by atoms with Gasteiger partial charge >= 0.3 is 0 Å². The molecule has 30 heavy (non-hydrogen) atoms. The number of nitrogens with one attached hydrogen (secondary N) is 1. The van der Waals surface area contributed by atoms with Crippen LogP contribution in [0.25, 0.3) is 11.5 Å². The average Bonchev–Trinajstić information content (AvgIpc) is 3.23. The molecule has 1 aliphatic rings. The molecule has 1 fully saturated rings. The molecule has 1 aromatic heterocycles. The fourth-order valence-electron chi connectivity index (χ4n) is 3.28. The predicted octanol–water partition coefficient (Wildman–Crippen LogP) is 5.76. The zero-order valence-electron chi connectivity index (χ0n) is 16.1. The van der Waals surface area contributed by atoms with Crippen LogP contribution in [0.15, 0.2) is 52.1 Å². The van der Waals surface area contributed by atoms with Crippen LogP contribution in [0.4, 0.5) is 11.4 Å². The van der Waals surface area contributed by atoms with Crippen molar-refractivity contribution in [3.05, 3.63) is 52.5 Å². The summed E-state index contributed by atoms with van der Waals surface area (Å²) in [5.74, 6) is 0.357. The minimum absolute atomic E-state index is 0.147. The summed E-state index contributed by atoms with van der Waals surface area (Å²) >= 11 is 13.5. The zero-order chi connectivity index (χ0) is 20.9. The van der Waals surface area contributed by atoms with Gasteiger partial charge in [0.2, 0.25) is 11.8 Å². The van der Waals surface area contributed by atoms with Gasteiger partial charge in [-0.1, -0.05) is 35.0 Å². The van der Waals surface area contributed by atoms with Gasteiger partial charge in [-0.05, 0) is 61.7 Å². The first-order valence-corrected chi connectivity index (χ1v) is 11.4. The first-order chi connectivity index (χ1) is 14.6. The third kappa shape index (κ3) is 5.28. The Hall–Kier alpha value is -2.22. The van der Waals surface area contributed by atoms with Crippen LogP contribution >= 0.6 is 35.0 Å². The number of piperidine rings is 1. The molecule has 0 atom stereocenters. The second kappa shape index (κ2) is 9.73. The van der Waals surface area contributed by atoms with E-state index in [0.29, 0.717) is 26.8 Å². The highest BCUT2D eigenvalue weighted by atomic mass is 35.5. The third-order valence-corrected chi connectivity index (χ3v) is 6.13. The Morgan fingerprint density at radius 2 is 1.83 bits per heavy atom. The van der Waals surface area contributed by atoms with Gasteiger partial charge in [0.1, 0.15) is 0 Å². The van der Waals surface area contributed by atoms with Crippen molar-refractivity contribution in [3.63, 3.8) is 0 Å². The van der Waals surface area contributed by atoms with E-state index in [2.05, 4.69) is 20.4 Å². The third-order valence-electron chi connectivity index (χ3n) is 4.75. The number of nitrogens with zero attached hydrogens (tertiary/aromatic N) is 3. The van der Waals surface area contributed by atoms with Gasteiger partial charge in [0, 0.05) is 29.4 Å². The highest BCUT2D eigenvalue weighted by Crippen LogP contribution is 2.31. The summed E-state index contributed by atoms with van der Waals surface area (Å²) in [6, 6.07) is 12.7. The number of anilines is 2. The van der Waals surface area contributed by atoms with Gasteiger partial charge in [-0.15, -0.1) is 10.2 Å². The van der Waals surface area contributed by atoms with Gasteiger partial charge in [-0.3, -0.25) is 4.79 Å². The molecule has 0 bridgehead atoms. The maximum Gasteiger partial charge on any atom is 0.277 e. The van der Waals surface area contributed by atoms with Crippen molar-refractivity contribution >= 4 is 52.2 Å².